The molecule has 2 aromatic rings. The lowest BCUT2D eigenvalue weighted by molar-refractivity contribution is -0.123. The summed E-state index contributed by atoms with van der Waals surface area (Å²) in [5.41, 5.74) is 2.24. The van der Waals surface area contributed by atoms with Crippen molar-refractivity contribution in [2.24, 2.45) is 0 Å². The molecule has 118 valence electrons. The predicted molar refractivity (Wildman–Crippen MR) is 89.1 cm³/mol. The maximum absolute atomic E-state index is 12.2. The Kier molecular flexibility index (Phi) is 4.21. The molecular weight excluding hydrogens is 316 g/mol. The maximum atomic E-state index is 12.2. The van der Waals surface area contributed by atoms with Gasteiger partial charge in [-0.25, -0.2) is 0 Å². The fraction of sp³-hybridized carbons (Fsp3) is 0.176. The van der Waals surface area contributed by atoms with Crippen molar-refractivity contribution in [2.45, 2.75) is 6.92 Å². The van der Waals surface area contributed by atoms with Crippen molar-refractivity contribution < 1.29 is 14.3 Å². The number of benzene rings is 2. The third kappa shape index (κ3) is 3.46. The third-order valence-electron chi connectivity index (χ3n) is 3.49. The molecule has 0 bridgehead atoms. The molecule has 0 unspecified atom stereocenters. The predicted octanol–water partition coefficient (Wildman–Crippen LogP) is 3.01. The van der Waals surface area contributed by atoms with Gasteiger partial charge in [-0.05, 0) is 48.9 Å². The maximum Gasteiger partial charge on any atom is 0.265 e. The van der Waals surface area contributed by atoms with E-state index in [0.717, 1.165) is 5.56 Å². The molecule has 0 radical (unpaired) electrons. The van der Waals surface area contributed by atoms with Crippen LogP contribution in [0, 0.1) is 6.92 Å². The standard InChI is InChI=1S/C17H15ClN2O3/c1-11-2-7-15-14(8-11)20(17(22)10-23-15)9-16(21)19-13-5-3-12(18)4-6-13/h2-8H,9-10H2,1H3,(H,19,21). The average Bonchev–Trinajstić information content (AvgIpc) is 2.52. The van der Waals surface area contributed by atoms with Crippen LogP contribution >= 0.6 is 11.6 Å². The first kappa shape index (κ1) is 15.4. The van der Waals surface area contributed by atoms with Crippen LogP contribution in [0.15, 0.2) is 42.5 Å². The van der Waals surface area contributed by atoms with Crippen LogP contribution in [0.5, 0.6) is 5.75 Å². The number of aryl methyl sites for hydroxylation is 1. The molecule has 0 aromatic heterocycles. The van der Waals surface area contributed by atoms with E-state index in [1.807, 2.05) is 19.1 Å². The Hall–Kier alpha value is -2.53. The molecule has 1 aliphatic rings. The summed E-state index contributed by atoms with van der Waals surface area (Å²) in [5.74, 6) is 0.0823. The van der Waals surface area contributed by atoms with E-state index in [9.17, 15) is 9.59 Å². The summed E-state index contributed by atoms with van der Waals surface area (Å²) < 4.78 is 5.40. The number of carbonyl (C=O) groups is 2. The second kappa shape index (κ2) is 6.30. The van der Waals surface area contributed by atoms with Crippen LogP contribution < -0.4 is 15.0 Å². The van der Waals surface area contributed by atoms with E-state index in [1.54, 1.807) is 30.3 Å². The number of fused-ring (bicyclic) bond motifs is 1. The Morgan fingerprint density at radius 3 is 2.74 bits per heavy atom. The molecule has 2 amide bonds. The highest BCUT2D eigenvalue weighted by Gasteiger charge is 2.27. The number of hydrogen-bond donors (Lipinski definition) is 1. The van der Waals surface area contributed by atoms with E-state index < -0.39 is 0 Å². The van der Waals surface area contributed by atoms with Gasteiger partial charge in [0, 0.05) is 10.7 Å². The fourth-order valence-electron chi connectivity index (χ4n) is 2.36. The van der Waals surface area contributed by atoms with Gasteiger partial charge in [-0.3, -0.25) is 14.5 Å². The first-order chi connectivity index (χ1) is 11.0. The summed E-state index contributed by atoms with van der Waals surface area (Å²) >= 11 is 5.81. The molecule has 1 heterocycles. The van der Waals surface area contributed by atoms with E-state index >= 15 is 0 Å². The van der Waals surface area contributed by atoms with E-state index in [1.165, 1.54) is 4.90 Å². The minimum atomic E-state index is -0.282. The van der Waals surface area contributed by atoms with Crippen LogP contribution in [0.1, 0.15) is 5.56 Å². The molecule has 1 aliphatic heterocycles. The fourth-order valence-corrected chi connectivity index (χ4v) is 2.49. The van der Waals surface area contributed by atoms with Crippen LogP contribution in [0.25, 0.3) is 0 Å². The summed E-state index contributed by atoms with van der Waals surface area (Å²) in [5, 5.41) is 3.34. The molecule has 3 rings (SSSR count). The van der Waals surface area contributed by atoms with Gasteiger partial charge in [-0.15, -0.1) is 0 Å². The lowest BCUT2D eigenvalue weighted by Crippen LogP contribution is -2.43. The largest absolute Gasteiger partial charge is 0.482 e. The summed E-state index contributed by atoms with van der Waals surface area (Å²) in [6.45, 7) is 1.79. The first-order valence-corrected chi connectivity index (χ1v) is 7.50. The lowest BCUT2D eigenvalue weighted by Gasteiger charge is -2.29. The first-order valence-electron chi connectivity index (χ1n) is 7.12. The number of rotatable bonds is 3. The second-order valence-corrected chi connectivity index (χ2v) is 5.73. The van der Waals surface area contributed by atoms with Gasteiger partial charge in [0.2, 0.25) is 5.91 Å². The number of anilines is 2. The van der Waals surface area contributed by atoms with Crippen LogP contribution in [0.2, 0.25) is 5.02 Å². The lowest BCUT2D eigenvalue weighted by atomic mass is 10.1. The number of amides is 2. The normalized spacial score (nSPS) is 13.3. The minimum absolute atomic E-state index is 0.0652. The van der Waals surface area contributed by atoms with Crippen molar-refractivity contribution in [3.05, 3.63) is 53.1 Å². The molecule has 23 heavy (non-hydrogen) atoms. The smallest absolute Gasteiger partial charge is 0.265 e. The zero-order valence-electron chi connectivity index (χ0n) is 12.5. The van der Waals surface area contributed by atoms with Gasteiger partial charge in [0.25, 0.3) is 5.91 Å². The quantitative estimate of drug-likeness (QED) is 0.941. The van der Waals surface area contributed by atoms with Crippen molar-refractivity contribution in [1.29, 1.82) is 0 Å². The third-order valence-corrected chi connectivity index (χ3v) is 3.74. The Morgan fingerprint density at radius 2 is 2.00 bits per heavy atom. The second-order valence-electron chi connectivity index (χ2n) is 5.29. The molecule has 2 aromatic carbocycles. The number of carbonyl (C=O) groups excluding carboxylic acids is 2. The van der Waals surface area contributed by atoms with Crippen molar-refractivity contribution in [1.82, 2.24) is 0 Å². The summed E-state index contributed by atoms with van der Waals surface area (Å²) in [7, 11) is 0. The van der Waals surface area contributed by atoms with Crippen LogP contribution in [-0.4, -0.2) is 25.0 Å². The van der Waals surface area contributed by atoms with E-state index in [-0.39, 0.29) is 25.0 Å². The Labute approximate surface area is 138 Å². The van der Waals surface area contributed by atoms with Crippen molar-refractivity contribution in [2.75, 3.05) is 23.4 Å². The van der Waals surface area contributed by atoms with Gasteiger partial charge in [0.15, 0.2) is 6.61 Å². The highest BCUT2D eigenvalue weighted by molar-refractivity contribution is 6.30. The summed E-state index contributed by atoms with van der Waals surface area (Å²) in [4.78, 5) is 25.8. The molecule has 0 saturated carbocycles. The SMILES string of the molecule is Cc1ccc2c(c1)N(CC(=O)Nc1ccc(Cl)cc1)C(=O)CO2. The minimum Gasteiger partial charge on any atom is -0.482 e. The van der Waals surface area contributed by atoms with Gasteiger partial charge in [-0.1, -0.05) is 17.7 Å². The van der Waals surface area contributed by atoms with Gasteiger partial charge in [0.1, 0.15) is 12.3 Å². The Bertz CT molecular complexity index is 759. The van der Waals surface area contributed by atoms with Crippen molar-refractivity contribution >= 4 is 34.8 Å². The summed E-state index contributed by atoms with van der Waals surface area (Å²) in [6.07, 6.45) is 0. The van der Waals surface area contributed by atoms with Crippen molar-refractivity contribution in [3.8, 4) is 5.75 Å². The van der Waals surface area contributed by atoms with Crippen molar-refractivity contribution in [3.63, 3.8) is 0 Å². The van der Waals surface area contributed by atoms with Gasteiger partial charge < -0.3 is 10.1 Å². The zero-order chi connectivity index (χ0) is 16.4. The molecule has 5 nitrogen and oxygen atoms in total. The van der Waals surface area contributed by atoms with Crippen LogP contribution in [0.4, 0.5) is 11.4 Å². The molecule has 0 fully saturated rings. The molecule has 0 spiro atoms. The van der Waals surface area contributed by atoms with Gasteiger partial charge in [0.05, 0.1) is 5.69 Å². The molecule has 0 aliphatic carbocycles. The molecule has 0 saturated heterocycles. The molecule has 6 heteroatoms. The molecule has 1 N–H and O–H groups in total. The number of nitrogens with one attached hydrogen (secondary N) is 1. The number of ether oxygens (including phenoxy) is 1. The zero-order valence-corrected chi connectivity index (χ0v) is 13.3. The van der Waals surface area contributed by atoms with E-state index in [4.69, 9.17) is 16.3 Å². The monoisotopic (exact) mass is 330 g/mol. The Morgan fingerprint density at radius 1 is 1.26 bits per heavy atom. The van der Waals surface area contributed by atoms with Crippen LogP contribution in [0.3, 0.4) is 0 Å². The molecular formula is C17H15ClN2O3. The van der Waals surface area contributed by atoms with E-state index in [0.29, 0.717) is 22.1 Å². The topological polar surface area (TPSA) is 58.6 Å². The average molecular weight is 331 g/mol. The number of hydrogen-bond acceptors (Lipinski definition) is 3. The van der Waals surface area contributed by atoms with Gasteiger partial charge >= 0.3 is 0 Å². The number of nitrogens with zero attached hydrogens (tertiary/aromatic N) is 1. The van der Waals surface area contributed by atoms with Crippen LogP contribution in [-0.2, 0) is 9.59 Å². The highest BCUT2D eigenvalue weighted by Crippen LogP contribution is 2.32. The number of halogens is 1. The summed E-state index contributed by atoms with van der Waals surface area (Å²) in [6, 6.07) is 12.3. The highest BCUT2D eigenvalue weighted by atomic mass is 35.5. The van der Waals surface area contributed by atoms with E-state index in [2.05, 4.69) is 5.32 Å². The van der Waals surface area contributed by atoms with Gasteiger partial charge in [-0.2, -0.15) is 0 Å². The Balaban J connectivity index is 1.76. The molecule has 0 atom stereocenters.